The van der Waals surface area contributed by atoms with Gasteiger partial charge < -0.3 is 5.32 Å². The van der Waals surface area contributed by atoms with Gasteiger partial charge in [0.25, 0.3) is 5.69 Å². The number of aromatic nitrogens is 1. The summed E-state index contributed by atoms with van der Waals surface area (Å²) in [6.07, 6.45) is 0.904. The minimum Gasteiger partial charge on any atom is -0.367 e. The van der Waals surface area contributed by atoms with E-state index in [1.807, 2.05) is 0 Å². The van der Waals surface area contributed by atoms with E-state index in [1.54, 1.807) is 24.3 Å². The van der Waals surface area contributed by atoms with E-state index in [9.17, 15) is 10.1 Å². The highest BCUT2D eigenvalue weighted by molar-refractivity contribution is 7.07. The molecule has 1 atom stereocenters. The summed E-state index contributed by atoms with van der Waals surface area (Å²) in [6.45, 7) is 3.71. The molecule has 0 aromatic carbocycles. The zero-order valence-electron chi connectivity index (χ0n) is 10.8. The Morgan fingerprint density at radius 2 is 2.26 bits per heavy atom. The molecular weight excluding hydrogens is 262 g/mol. The molecule has 5 nitrogen and oxygen atoms in total. The second-order valence-electron chi connectivity index (χ2n) is 4.44. The lowest BCUT2D eigenvalue weighted by molar-refractivity contribution is -0.385. The molecule has 0 spiro atoms. The number of pyridine rings is 1. The van der Waals surface area contributed by atoms with Crippen molar-refractivity contribution in [3.8, 4) is 0 Å². The molecule has 0 aliphatic rings. The SMILES string of the molecule is Cc1nc(NC(C)Cc2ccsc2)ccc1[N+](=O)[O-]. The third kappa shape index (κ3) is 3.51. The number of hydrogen-bond acceptors (Lipinski definition) is 5. The number of hydrogen-bond donors (Lipinski definition) is 1. The molecule has 0 fully saturated rings. The second kappa shape index (κ2) is 5.79. The van der Waals surface area contributed by atoms with Crippen LogP contribution in [-0.4, -0.2) is 15.9 Å². The van der Waals surface area contributed by atoms with Gasteiger partial charge in [-0.3, -0.25) is 10.1 Å². The van der Waals surface area contributed by atoms with Gasteiger partial charge in [-0.2, -0.15) is 11.3 Å². The molecule has 0 aliphatic heterocycles. The van der Waals surface area contributed by atoms with Crippen molar-refractivity contribution in [1.82, 2.24) is 4.98 Å². The van der Waals surface area contributed by atoms with E-state index in [1.165, 1.54) is 11.6 Å². The Hall–Kier alpha value is -1.95. The van der Waals surface area contributed by atoms with E-state index >= 15 is 0 Å². The van der Waals surface area contributed by atoms with Crippen LogP contribution in [0.25, 0.3) is 0 Å². The summed E-state index contributed by atoms with van der Waals surface area (Å²) in [7, 11) is 0. The lowest BCUT2D eigenvalue weighted by atomic mass is 10.1. The predicted molar refractivity (Wildman–Crippen MR) is 76.7 cm³/mol. The van der Waals surface area contributed by atoms with E-state index in [0.29, 0.717) is 11.5 Å². The van der Waals surface area contributed by atoms with Crippen LogP contribution in [0.1, 0.15) is 18.2 Å². The van der Waals surface area contributed by atoms with Crippen molar-refractivity contribution in [2.45, 2.75) is 26.3 Å². The fraction of sp³-hybridized carbons (Fsp3) is 0.308. The number of anilines is 1. The maximum Gasteiger partial charge on any atom is 0.290 e. The summed E-state index contributed by atoms with van der Waals surface area (Å²) >= 11 is 1.68. The average Bonchev–Trinajstić information content (AvgIpc) is 2.81. The number of aryl methyl sites for hydroxylation is 1. The number of rotatable bonds is 5. The summed E-state index contributed by atoms with van der Waals surface area (Å²) in [6, 6.07) is 5.46. The molecular formula is C13H15N3O2S. The first-order valence-corrected chi connectivity index (χ1v) is 6.90. The Balaban J connectivity index is 2.03. The topological polar surface area (TPSA) is 68.1 Å². The van der Waals surface area contributed by atoms with Gasteiger partial charge in [0.2, 0.25) is 0 Å². The van der Waals surface area contributed by atoms with Crippen LogP contribution in [0.5, 0.6) is 0 Å². The maximum absolute atomic E-state index is 10.7. The Morgan fingerprint density at radius 3 is 2.84 bits per heavy atom. The zero-order valence-corrected chi connectivity index (χ0v) is 11.6. The number of nitro groups is 1. The lowest BCUT2D eigenvalue weighted by Crippen LogP contribution is -2.18. The maximum atomic E-state index is 10.7. The minimum absolute atomic E-state index is 0.0519. The highest BCUT2D eigenvalue weighted by atomic mass is 32.1. The predicted octanol–water partition coefficient (Wildman–Crippen LogP) is 3.40. The van der Waals surface area contributed by atoms with Crippen molar-refractivity contribution in [3.05, 3.63) is 50.3 Å². The molecule has 0 saturated carbocycles. The zero-order chi connectivity index (χ0) is 13.8. The molecule has 0 radical (unpaired) electrons. The molecule has 6 heteroatoms. The number of nitrogens with one attached hydrogen (secondary N) is 1. The van der Waals surface area contributed by atoms with Crippen molar-refractivity contribution >= 4 is 22.8 Å². The van der Waals surface area contributed by atoms with Crippen LogP contribution in [0.15, 0.2) is 29.0 Å². The fourth-order valence-corrected chi connectivity index (χ4v) is 2.57. The summed E-state index contributed by atoms with van der Waals surface area (Å²) in [4.78, 5) is 14.5. The van der Waals surface area contributed by atoms with E-state index in [-0.39, 0.29) is 11.7 Å². The molecule has 0 bridgehead atoms. The van der Waals surface area contributed by atoms with E-state index < -0.39 is 4.92 Å². The first-order chi connectivity index (χ1) is 9.06. The van der Waals surface area contributed by atoms with Gasteiger partial charge in [-0.25, -0.2) is 4.98 Å². The third-order valence-electron chi connectivity index (χ3n) is 2.77. The normalized spacial score (nSPS) is 12.1. The molecule has 19 heavy (non-hydrogen) atoms. The lowest BCUT2D eigenvalue weighted by Gasteiger charge is -2.14. The van der Waals surface area contributed by atoms with Gasteiger partial charge >= 0.3 is 0 Å². The summed E-state index contributed by atoms with van der Waals surface area (Å²) in [5.41, 5.74) is 1.76. The summed E-state index contributed by atoms with van der Waals surface area (Å²) < 4.78 is 0. The van der Waals surface area contributed by atoms with Crippen LogP contribution in [-0.2, 0) is 6.42 Å². The van der Waals surface area contributed by atoms with Gasteiger partial charge in [0, 0.05) is 12.1 Å². The highest BCUT2D eigenvalue weighted by Gasteiger charge is 2.12. The molecule has 100 valence electrons. The Morgan fingerprint density at radius 1 is 1.47 bits per heavy atom. The first kappa shape index (κ1) is 13.5. The van der Waals surface area contributed by atoms with Crippen LogP contribution in [0, 0.1) is 17.0 Å². The molecule has 0 saturated heterocycles. The fourth-order valence-electron chi connectivity index (χ4n) is 1.89. The standard InChI is InChI=1S/C13H15N3O2S/c1-9(7-11-5-6-19-8-11)14-13-4-3-12(16(17)18)10(2)15-13/h3-6,8-9H,7H2,1-2H3,(H,14,15). The van der Waals surface area contributed by atoms with Crippen LogP contribution in [0.2, 0.25) is 0 Å². The van der Waals surface area contributed by atoms with Gasteiger partial charge in [0.1, 0.15) is 11.5 Å². The van der Waals surface area contributed by atoms with E-state index in [0.717, 1.165) is 6.42 Å². The van der Waals surface area contributed by atoms with Crippen LogP contribution in [0.3, 0.4) is 0 Å². The van der Waals surface area contributed by atoms with Gasteiger partial charge in [0.15, 0.2) is 0 Å². The largest absolute Gasteiger partial charge is 0.367 e. The molecule has 0 aliphatic carbocycles. The van der Waals surface area contributed by atoms with Crippen molar-refractivity contribution in [2.75, 3.05) is 5.32 Å². The Labute approximate surface area is 115 Å². The van der Waals surface area contributed by atoms with Crippen molar-refractivity contribution < 1.29 is 4.92 Å². The smallest absolute Gasteiger partial charge is 0.290 e. The van der Waals surface area contributed by atoms with Crippen molar-refractivity contribution in [2.24, 2.45) is 0 Å². The van der Waals surface area contributed by atoms with E-state index in [2.05, 4.69) is 34.1 Å². The Kier molecular flexibility index (Phi) is 4.11. The van der Waals surface area contributed by atoms with Gasteiger partial charge in [0.05, 0.1) is 4.92 Å². The van der Waals surface area contributed by atoms with E-state index in [4.69, 9.17) is 0 Å². The van der Waals surface area contributed by atoms with Crippen LogP contribution >= 0.6 is 11.3 Å². The molecule has 2 aromatic rings. The molecule has 2 rings (SSSR count). The molecule has 2 aromatic heterocycles. The highest BCUT2D eigenvalue weighted by Crippen LogP contribution is 2.19. The molecule has 2 heterocycles. The first-order valence-electron chi connectivity index (χ1n) is 5.96. The van der Waals surface area contributed by atoms with Crippen molar-refractivity contribution in [3.63, 3.8) is 0 Å². The third-order valence-corrected chi connectivity index (χ3v) is 3.50. The molecule has 1 N–H and O–H groups in total. The van der Waals surface area contributed by atoms with Crippen LogP contribution < -0.4 is 5.32 Å². The Bertz CT molecular complexity index is 569. The number of nitrogens with zero attached hydrogens (tertiary/aromatic N) is 2. The monoisotopic (exact) mass is 277 g/mol. The number of thiophene rings is 1. The van der Waals surface area contributed by atoms with Crippen LogP contribution in [0.4, 0.5) is 11.5 Å². The van der Waals surface area contributed by atoms with Gasteiger partial charge in [-0.15, -0.1) is 0 Å². The summed E-state index contributed by atoms with van der Waals surface area (Å²) in [5.74, 6) is 0.672. The quantitative estimate of drug-likeness (QED) is 0.671. The average molecular weight is 277 g/mol. The van der Waals surface area contributed by atoms with Gasteiger partial charge in [-0.05, 0) is 48.7 Å². The van der Waals surface area contributed by atoms with Crippen molar-refractivity contribution in [1.29, 1.82) is 0 Å². The summed E-state index contributed by atoms with van der Waals surface area (Å²) in [5, 5.41) is 18.1. The second-order valence-corrected chi connectivity index (χ2v) is 5.22. The molecule has 1 unspecified atom stereocenters. The van der Waals surface area contributed by atoms with Gasteiger partial charge in [-0.1, -0.05) is 0 Å². The minimum atomic E-state index is -0.416. The molecule has 0 amide bonds.